The van der Waals surface area contributed by atoms with E-state index in [9.17, 15) is 14.4 Å². The third-order valence-corrected chi connectivity index (χ3v) is 4.43. The number of rotatable bonds is 6. The zero-order valence-corrected chi connectivity index (χ0v) is 13.5. The SMILES string of the molecule is NCC(NC(=O)CCC(=O)N1CC(=O)Nc2ccccc21)C1CC1. The summed E-state index contributed by atoms with van der Waals surface area (Å²) in [6.45, 7) is 0.398. The summed E-state index contributed by atoms with van der Waals surface area (Å²) in [6.07, 6.45) is 2.36. The van der Waals surface area contributed by atoms with Gasteiger partial charge in [0, 0.05) is 25.4 Å². The van der Waals surface area contributed by atoms with Crippen molar-refractivity contribution in [3.8, 4) is 0 Å². The van der Waals surface area contributed by atoms with E-state index in [1.165, 1.54) is 4.90 Å². The smallest absolute Gasteiger partial charge is 0.244 e. The van der Waals surface area contributed by atoms with Crippen LogP contribution in [0.3, 0.4) is 0 Å². The third kappa shape index (κ3) is 3.73. The monoisotopic (exact) mass is 330 g/mol. The van der Waals surface area contributed by atoms with Crippen molar-refractivity contribution in [2.45, 2.75) is 31.7 Å². The summed E-state index contributed by atoms with van der Waals surface area (Å²) in [5.41, 5.74) is 6.95. The summed E-state index contributed by atoms with van der Waals surface area (Å²) in [6, 6.07) is 7.15. The van der Waals surface area contributed by atoms with Gasteiger partial charge in [0.15, 0.2) is 0 Å². The zero-order valence-electron chi connectivity index (χ0n) is 13.5. The quantitative estimate of drug-likeness (QED) is 0.710. The lowest BCUT2D eigenvalue weighted by Gasteiger charge is -2.29. The molecular formula is C17H22N4O3. The summed E-state index contributed by atoms with van der Waals surface area (Å²) < 4.78 is 0. The third-order valence-electron chi connectivity index (χ3n) is 4.43. The number of amides is 3. The molecule has 2 aliphatic rings. The molecule has 7 nitrogen and oxygen atoms in total. The van der Waals surface area contributed by atoms with E-state index in [-0.39, 0.29) is 43.1 Å². The standard InChI is InChI=1S/C17H22N4O3/c18-9-13(11-5-6-11)20-15(22)7-8-17(24)21-10-16(23)19-12-3-1-2-4-14(12)21/h1-4,11,13H,5-10,18H2,(H,19,23)(H,20,22). The molecule has 1 aromatic carbocycles. The van der Waals surface area contributed by atoms with Crippen LogP contribution in [0.2, 0.25) is 0 Å². The molecule has 0 radical (unpaired) electrons. The zero-order chi connectivity index (χ0) is 17.1. The van der Waals surface area contributed by atoms with Gasteiger partial charge in [0.1, 0.15) is 6.54 Å². The molecule has 1 unspecified atom stereocenters. The minimum absolute atomic E-state index is 0.00842. The molecule has 0 saturated heterocycles. The molecule has 1 aliphatic carbocycles. The van der Waals surface area contributed by atoms with Crippen molar-refractivity contribution >= 4 is 29.1 Å². The predicted octanol–water partition coefficient (Wildman–Crippen LogP) is 0.605. The van der Waals surface area contributed by atoms with Gasteiger partial charge in [-0.3, -0.25) is 14.4 Å². The Morgan fingerprint density at radius 2 is 2.04 bits per heavy atom. The molecule has 1 aliphatic heterocycles. The minimum atomic E-state index is -0.233. The number of nitrogens with zero attached hydrogens (tertiary/aromatic N) is 1. The van der Waals surface area contributed by atoms with E-state index in [0.717, 1.165) is 12.8 Å². The van der Waals surface area contributed by atoms with Crippen molar-refractivity contribution in [1.82, 2.24) is 5.32 Å². The van der Waals surface area contributed by atoms with E-state index in [4.69, 9.17) is 5.73 Å². The van der Waals surface area contributed by atoms with Gasteiger partial charge < -0.3 is 21.3 Å². The molecule has 3 rings (SSSR count). The number of nitrogens with two attached hydrogens (primary N) is 1. The molecule has 128 valence electrons. The maximum absolute atomic E-state index is 12.5. The van der Waals surface area contributed by atoms with Gasteiger partial charge in [0.2, 0.25) is 17.7 Å². The molecule has 24 heavy (non-hydrogen) atoms. The first-order chi connectivity index (χ1) is 11.6. The van der Waals surface area contributed by atoms with Gasteiger partial charge >= 0.3 is 0 Å². The Labute approximate surface area is 140 Å². The first-order valence-electron chi connectivity index (χ1n) is 8.27. The van der Waals surface area contributed by atoms with E-state index in [0.29, 0.717) is 23.8 Å². The number of anilines is 2. The predicted molar refractivity (Wildman–Crippen MR) is 90.4 cm³/mol. The summed E-state index contributed by atoms with van der Waals surface area (Å²) in [7, 11) is 0. The van der Waals surface area contributed by atoms with Crippen molar-refractivity contribution in [3.63, 3.8) is 0 Å². The average Bonchev–Trinajstić information content (AvgIpc) is 3.41. The number of para-hydroxylation sites is 2. The maximum atomic E-state index is 12.5. The van der Waals surface area contributed by atoms with Crippen LogP contribution in [-0.4, -0.2) is 36.9 Å². The van der Waals surface area contributed by atoms with Crippen LogP contribution in [0, 0.1) is 5.92 Å². The van der Waals surface area contributed by atoms with Crippen molar-refractivity contribution in [2.75, 3.05) is 23.3 Å². The second kappa shape index (κ2) is 7.00. The van der Waals surface area contributed by atoms with E-state index in [1.54, 1.807) is 18.2 Å². The number of fused-ring (bicyclic) bond motifs is 1. The van der Waals surface area contributed by atoms with Crippen LogP contribution in [0.5, 0.6) is 0 Å². The molecule has 1 fully saturated rings. The molecule has 1 heterocycles. The Kier molecular flexibility index (Phi) is 4.80. The molecule has 4 N–H and O–H groups in total. The fourth-order valence-electron chi connectivity index (χ4n) is 2.96. The maximum Gasteiger partial charge on any atom is 0.244 e. The molecule has 7 heteroatoms. The number of carbonyl (C=O) groups excluding carboxylic acids is 3. The molecule has 1 atom stereocenters. The topological polar surface area (TPSA) is 105 Å². The molecule has 1 saturated carbocycles. The fraction of sp³-hybridized carbons (Fsp3) is 0.471. The van der Waals surface area contributed by atoms with Crippen molar-refractivity contribution < 1.29 is 14.4 Å². The lowest BCUT2D eigenvalue weighted by Crippen LogP contribution is -2.44. The van der Waals surface area contributed by atoms with Gasteiger partial charge in [-0.05, 0) is 30.9 Å². The largest absolute Gasteiger partial charge is 0.352 e. The summed E-state index contributed by atoms with van der Waals surface area (Å²) in [5.74, 6) is -0.153. The van der Waals surface area contributed by atoms with Gasteiger partial charge in [-0.2, -0.15) is 0 Å². The highest BCUT2D eigenvalue weighted by Gasteiger charge is 2.31. The van der Waals surface area contributed by atoms with E-state index in [1.807, 2.05) is 6.07 Å². The molecule has 1 aromatic rings. The van der Waals surface area contributed by atoms with Crippen molar-refractivity contribution in [1.29, 1.82) is 0 Å². The Morgan fingerprint density at radius 3 is 2.75 bits per heavy atom. The molecule has 0 spiro atoms. The fourth-order valence-corrected chi connectivity index (χ4v) is 2.96. The van der Waals surface area contributed by atoms with Crippen LogP contribution >= 0.6 is 0 Å². The van der Waals surface area contributed by atoms with Crippen LogP contribution in [0.4, 0.5) is 11.4 Å². The van der Waals surface area contributed by atoms with Crippen LogP contribution in [-0.2, 0) is 14.4 Å². The average molecular weight is 330 g/mol. The highest BCUT2D eigenvalue weighted by atomic mass is 16.2. The molecule has 0 bridgehead atoms. The van der Waals surface area contributed by atoms with Crippen LogP contribution in [0.15, 0.2) is 24.3 Å². The lowest BCUT2D eigenvalue weighted by atomic mass is 10.1. The highest BCUT2D eigenvalue weighted by molar-refractivity contribution is 6.10. The Hall–Kier alpha value is -2.41. The Balaban J connectivity index is 1.57. The van der Waals surface area contributed by atoms with E-state index >= 15 is 0 Å². The first-order valence-corrected chi connectivity index (χ1v) is 8.27. The summed E-state index contributed by atoms with van der Waals surface area (Å²) in [5, 5.41) is 5.64. The molecule has 0 aromatic heterocycles. The Bertz CT molecular complexity index is 657. The van der Waals surface area contributed by atoms with Crippen LogP contribution < -0.4 is 21.3 Å². The molecular weight excluding hydrogens is 308 g/mol. The lowest BCUT2D eigenvalue weighted by molar-refractivity contribution is -0.126. The normalized spacial score (nSPS) is 17.7. The van der Waals surface area contributed by atoms with E-state index in [2.05, 4.69) is 10.6 Å². The number of hydrogen-bond acceptors (Lipinski definition) is 4. The summed E-state index contributed by atoms with van der Waals surface area (Å²) >= 11 is 0. The molecule has 3 amide bonds. The number of nitrogens with one attached hydrogen (secondary N) is 2. The summed E-state index contributed by atoms with van der Waals surface area (Å²) in [4.78, 5) is 37.7. The van der Waals surface area contributed by atoms with Gasteiger partial charge in [0.25, 0.3) is 0 Å². The van der Waals surface area contributed by atoms with Crippen molar-refractivity contribution in [3.05, 3.63) is 24.3 Å². The van der Waals surface area contributed by atoms with E-state index < -0.39 is 0 Å². The van der Waals surface area contributed by atoms with Gasteiger partial charge in [-0.1, -0.05) is 12.1 Å². The Morgan fingerprint density at radius 1 is 1.29 bits per heavy atom. The highest BCUT2D eigenvalue weighted by Crippen LogP contribution is 2.32. The second-order valence-electron chi connectivity index (χ2n) is 6.29. The van der Waals surface area contributed by atoms with Crippen LogP contribution in [0.1, 0.15) is 25.7 Å². The second-order valence-corrected chi connectivity index (χ2v) is 6.29. The van der Waals surface area contributed by atoms with Gasteiger partial charge in [-0.25, -0.2) is 0 Å². The number of hydrogen-bond donors (Lipinski definition) is 3. The first kappa shape index (κ1) is 16.4. The van der Waals surface area contributed by atoms with Crippen LogP contribution in [0.25, 0.3) is 0 Å². The van der Waals surface area contributed by atoms with Gasteiger partial charge in [0.05, 0.1) is 11.4 Å². The minimum Gasteiger partial charge on any atom is -0.352 e. The van der Waals surface area contributed by atoms with Gasteiger partial charge in [-0.15, -0.1) is 0 Å². The number of benzene rings is 1. The number of carbonyl (C=O) groups is 3. The van der Waals surface area contributed by atoms with Crippen molar-refractivity contribution in [2.24, 2.45) is 11.7 Å².